The Bertz CT molecular complexity index is 657. The molecule has 0 saturated heterocycles. The molecule has 2 rings (SSSR count). The topological polar surface area (TPSA) is 51.2 Å². The van der Waals surface area contributed by atoms with Gasteiger partial charge in [-0.3, -0.25) is 4.90 Å². The molecule has 0 amide bonds. The van der Waals surface area contributed by atoms with Gasteiger partial charge < -0.3 is 19.3 Å². The number of hydrogen-bond donors (Lipinski definition) is 1. The van der Waals surface area contributed by atoms with Gasteiger partial charge in [-0.15, -0.1) is 0 Å². The van der Waals surface area contributed by atoms with Crippen molar-refractivity contribution in [3.05, 3.63) is 54.1 Å². The Hall–Kier alpha value is -2.24. The maximum absolute atomic E-state index is 10.4. The predicted octanol–water partition coefficient (Wildman–Crippen LogP) is 3.35. The van der Waals surface area contributed by atoms with Crippen molar-refractivity contribution in [1.29, 1.82) is 0 Å². The summed E-state index contributed by atoms with van der Waals surface area (Å²) < 4.78 is 16.1. The second-order valence-electron chi connectivity index (χ2n) is 6.52. The number of aliphatic hydroxyl groups excluding tert-OH is 1. The molecule has 0 fully saturated rings. The van der Waals surface area contributed by atoms with Gasteiger partial charge in [-0.05, 0) is 55.8 Å². The number of nitrogens with zero attached hydrogens (tertiary/aromatic N) is 1. The van der Waals surface area contributed by atoms with E-state index in [1.54, 1.807) is 14.2 Å². The van der Waals surface area contributed by atoms with Crippen LogP contribution >= 0.6 is 0 Å². The minimum Gasteiger partial charge on any atom is -0.497 e. The van der Waals surface area contributed by atoms with Crippen molar-refractivity contribution >= 4 is 0 Å². The van der Waals surface area contributed by atoms with Crippen molar-refractivity contribution in [2.75, 3.05) is 27.4 Å². The van der Waals surface area contributed by atoms with Crippen LogP contribution in [0.4, 0.5) is 0 Å². The number of rotatable bonds is 10. The second-order valence-corrected chi connectivity index (χ2v) is 6.52. The highest BCUT2D eigenvalue weighted by Crippen LogP contribution is 2.18. The summed E-state index contributed by atoms with van der Waals surface area (Å²) in [6.45, 7) is 5.77. The molecule has 0 aromatic heterocycles. The molecule has 142 valence electrons. The van der Waals surface area contributed by atoms with Crippen LogP contribution in [-0.2, 0) is 6.54 Å². The molecular weight excluding hydrogens is 330 g/mol. The normalized spacial score (nSPS) is 12.3. The molecule has 0 aliphatic carbocycles. The standard InChI is InChI=1S/C21H29NO4/c1-16(2)22(13-17-6-5-7-21(12-17)25-4)14-18(23)15-26-20-10-8-19(24-3)9-11-20/h5-12,16,18,23H,13-15H2,1-4H3/t18-/m1/s1. The fraction of sp³-hybridized carbons (Fsp3) is 0.429. The van der Waals surface area contributed by atoms with Crippen LogP contribution < -0.4 is 14.2 Å². The van der Waals surface area contributed by atoms with Gasteiger partial charge in [-0.25, -0.2) is 0 Å². The Kier molecular flexibility index (Phi) is 7.75. The smallest absolute Gasteiger partial charge is 0.119 e. The summed E-state index contributed by atoms with van der Waals surface area (Å²) in [4.78, 5) is 2.22. The minimum atomic E-state index is -0.579. The van der Waals surface area contributed by atoms with Crippen LogP contribution in [0.2, 0.25) is 0 Å². The van der Waals surface area contributed by atoms with E-state index in [4.69, 9.17) is 14.2 Å². The molecule has 5 heteroatoms. The first kappa shape index (κ1) is 20.1. The third kappa shape index (κ3) is 6.24. The summed E-state index contributed by atoms with van der Waals surface area (Å²) in [5.74, 6) is 2.34. The van der Waals surface area contributed by atoms with Gasteiger partial charge in [0.2, 0.25) is 0 Å². The van der Waals surface area contributed by atoms with Crippen molar-refractivity contribution in [2.24, 2.45) is 0 Å². The Morgan fingerprint density at radius 3 is 2.19 bits per heavy atom. The first-order valence-corrected chi connectivity index (χ1v) is 8.83. The number of aliphatic hydroxyl groups is 1. The van der Waals surface area contributed by atoms with Gasteiger partial charge in [0.1, 0.15) is 30.0 Å². The van der Waals surface area contributed by atoms with E-state index in [0.29, 0.717) is 18.3 Å². The van der Waals surface area contributed by atoms with Crippen LogP contribution in [0.15, 0.2) is 48.5 Å². The van der Waals surface area contributed by atoms with Crippen LogP contribution in [0.25, 0.3) is 0 Å². The third-order valence-corrected chi connectivity index (χ3v) is 4.20. The molecule has 0 radical (unpaired) electrons. The summed E-state index contributed by atoms with van der Waals surface area (Å²) in [6, 6.07) is 15.7. The van der Waals surface area contributed by atoms with Crippen molar-refractivity contribution < 1.29 is 19.3 Å². The van der Waals surface area contributed by atoms with Crippen LogP contribution in [0.5, 0.6) is 17.2 Å². The first-order valence-electron chi connectivity index (χ1n) is 8.83. The average Bonchev–Trinajstić information content (AvgIpc) is 2.66. The molecule has 1 atom stereocenters. The molecule has 5 nitrogen and oxygen atoms in total. The molecule has 26 heavy (non-hydrogen) atoms. The Morgan fingerprint density at radius 1 is 0.923 bits per heavy atom. The van der Waals surface area contributed by atoms with E-state index in [2.05, 4.69) is 24.8 Å². The average molecular weight is 359 g/mol. The van der Waals surface area contributed by atoms with Crippen molar-refractivity contribution in [3.63, 3.8) is 0 Å². The molecule has 0 saturated carbocycles. The molecule has 0 bridgehead atoms. The maximum Gasteiger partial charge on any atom is 0.119 e. The fourth-order valence-electron chi connectivity index (χ4n) is 2.65. The lowest BCUT2D eigenvalue weighted by Gasteiger charge is -2.29. The molecule has 1 N–H and O–H groups in total. The molecule has 2 aromatic rings. The molecule has 0 heterocycles. The van der Waals surface area contributed by atoms with E-state index in [1.807, 2.05) is 42.5 Å². The number of hydrogen-bond acceptors (Lipinski definition) is 5. The van der Waals surface area contributed by atoms with Gasteiger partial charge in [0.15, 0.2) is 0 Å². The number of benzene rings is 2. The molecule has 0 aliphatic rings. The van der Waals surface area contributed by atoms with Gasteiger partial charge in [-0.1, -0.05) is 12.1 Å². The summed E-state index contributed by atoms with van der Waals surface area (Å²) >= 11 is 0. The quantitative estimate of drug-likeness (QED) is 0.705. The van der Waals surface area contributed by atoms with Crippen molar-refractivity contribution in [1.82, 2.24) is 4.90 Å². The second kappa shape index (κ2) is 10.0. The Labute approximate surface area is 156 Å². The van der Waals surface area contributed by atoms with Crippen LogP contribution in [0, 0.1) is 0 Å². The summed E-state index contributed by atoms with van der Waals surface area (Å²) in [5, 5.41) is 10.4. The highest BCUT2D eigenvalue weighted by Gasteiger charge is 2.16. The van der Waals surface area contributed by atoms with Gasteiger partial charge in [0, 0.05) is 19.1 Å². The molecule has 0 aliphatic heterocycles. The molecular formula is C21H29NO4. The van der Waals surface area contributed by atoms with Gasteiger partial charge >= 0.3 is 0 Å². The van der Waals surface area contributed by atoms with E-state index in [1.165, 1.54) is 0 Å². The highest BCUT2D eigenvalue weighted by atomic mass is 16.5. The van der Waals surface area contributed by atoms with Gasteiger partial charge in [0.25, 0.3) is 0 Å². The first-order chi connectivity index (χ1) is 12.5. The molecule has 2 aromatic carbocycles. The monoisotopic (exact) mass is 359 g/mol. The largest absolute Gasteiger partial charge is 0.497 e. The van der Waals surface area contributed by atoms with Crippen molar-refractivity contribution in [2.45, 2.75) is 32.5 Å². The Balaban J connectivity index is 1.89. The predicted molar refractivity (Wildman–Crippen MR) is 103 cm³/mol. The van der Waals surface area contributed by atoms with E-state index >= 15 is 0 Å². The van der Waals surface area contributed by atoms with E-state index in [-0.39, 0.29) is 6.61 Å². The van der Waals surface area contributed by atoms with Crippen LogP contribution in [0.3, 0.4) is 0 Å². The maximum atomic E-state index is 10.4. The lowest BCUT2D eigenvalue weighted by atomic mass is 10.1. The van der Waals surface area contributed by atoms with E-state index in [0.717, 1.165) is 23.6 Å². The number of ether oxygens (including phenoxy) is 3. The van der Waals surface area contributed by atoms with Crippen molar-refractivity contribution in [3.8, 4) is 17.2 Å². The molecule has 0 unspecified atom stereocenters. The summed E-state index contributed by atoms with van der Waals surface area (Å²) in [6.07, 6.45) is -0.579. The van der Waals surface area contributed by atoms with E-state index in [9.17, 15) is 5.11 Å². The highest BCUT2D eigenvalue weighted by molar-refractivity contribution is 5.31. The number of methoxy groups -OCH3 is 2. The van der Waals surface area contributed by atoms with Gasteiger partial charge in [-0.2, -0.15) is 0 Å². The van der Waals surface area contributed by atoms with E-state index < -0.39 is 6.10 Å². The fourth-order valence-corrected chi connectivity index (χ4v) is 2.65. The lowest BCUT2D eigenvalue weighted by Crippen LogP contribution is -2.39. The lowest BCUT2D eigenvalue weighted by molar-refractivity contribution is 0.0543. The molecule has 0 spiro atoms. The van der Waals surface area contributed by atoms with Crippen LogP contribution in [-0.4, -0.2) is 49.5 Å². The zero-order chi connectivity index (χ0) is 18.9. The van der Waals surface area contributed by atoms with Crippen LogP contribution in [0.1, 0.15) is 19.4 Å². The zero-order valence-electron chi connectivity index (χ0n) is 16.0. The Morgan fingerprint density at radius 2 is 1.58 bits per heavy atom. The SMILES string of the molecule is COc1ccc(OC[C@H](O)CN(Cc2cccc(OC)c2)C(C)C)cc1. The minimum absolute atomic E-state index is 0.244. The summed E-state index contributed by atoms with van der Waals surface area (Å²) in [7, 11) is 3.29. The van der Waals surface area contributed by atoms with Gasteiger partial charge in [0.05, 0.1) is 14.2 Å². The zero-order valence-corrected chi connectivity index (χ0v) is 16.0. The third-order valence-electron chi connectivity index (χ3n) is 4.20. The summed E-state index contributed by atoms with van der Waals surface area (Å²) in [5.41, 5.74) is 1.15.